The summed E-state index contributed by atoms with van der Waals surface area (Å²) in [4.78, 5) is 25.4. The van der Waals surface area contributed by atoms with E-state index in [0.29, 0.717) is 21.2 Å². The zero-order valence-electron chi connectivity index (χ0n) is 9.78. The van der Waals surface area contributed by atoms with Crippen molar-refractivity contribution in [3.8, 4) is 0 Å². The first-order chi connectivity index (χ1) is 9.61. The van der Waals surface area contributed by atoms with Gasteiger partial charge in [0.15, 0.2) is 5.16 Å². The summed E-state index contributed by atoms with van der Waals surface area (Å²) in [5.41, 5.74) is 1.27. The van der Waals surface area contributed by atoms with E-state index in [0.717, 1.165) is 0 Å². The summed E-state index contributed by atoms with van der Waals surface area (Å²) in [5.74, 6) is 0. The highest BCUT2D eigenvalue weighted by atomic mass is 35.5. The second-order valence-corrected chi connectivity index (χ2v) is 5.11. The number of aromatic nitrogens is 4. The number of nitrogens with zero attached hydrogens (tertiary/aromatic N) is 4. The van der Waals surface area contributed by atoms with Crippen molar-refractivity contribution in [2.24, 2.45) is 0 Å². The van der Waals surface area contributed by atoms with E-state index in [-0.39, 0.29) is 11.0 Å². The van der Waals surface area contributed by atoms with Gasteiger partial charge in [0.2, 0.25) is 5.28 Å². The first-order valence-electron chi connectivity index (χ1n) is 5.42. The molecule has 0 fully saturated rings. The Bertz CT molecular complexity index is 806. The molecule has 100 valence electrons. The third-order valence-corrected chi connectivity index (χ3v) is 3.46. The molecule has 0 aliphatic carbocycles. The molecule has 3 aromatic rings. The van der Waals surface area contributed by atoms with Crippen LogP contribution in [-0.4, -0.2) is 24.9 Å². The van der Waals surface area contributed by atoms with E-state index in [1.165, 1.54) is 23.9 Å². The summed E-state index contributed by atoms with van der Waals surface area (Å²) in [7, 11) is 0. The summed E-state index contributed by atoms with van der Waals surface area (Å²) >= 11 is 6.97. The molecular weight excluding hydrogens is 302 g/mol. The van der Waals surface area contributed by atoms with Crippen LogP contribution in [0.3, 0.4) is 0 Å². The van der Waals surface area contributed by atoms with E-state index < -0.39 is 4.92 Å². The van der Waals surface area contributed by atoms with Crippen LogP contribution >= 0.6 is 23.4 Å². The molecule has 3 rings (SSSR count). The van der Waals surface area contributed by atoms with Crippen LogP contribution in [0.25, 0.3) is 11.0 Å². The maximum absolute atomic E-state index is 10.7. The first-order valence-corrected chi connectivity index (χ1v) is 6.62. The molecule has 0 unspecified atom stereocenters. The van der Waals surface area contributed by atoms with Gasteiger partial charge < -0.3 is 4.98 Å². The van der Waals surface area contributed by atoms with Crippen molar-refractivity contribution >= 4 is 40.1 Å². The quantitative estimate of drug-likeness (QED) is 0.345. The minimum Gasteiger partial charge on any atom is -0.332 e. The molecule has 0 spiro atoms. The van der Waals surface area contributed by atoms with Crippen LogP contribution in [0.1, 0.15) is 0 Å². The molecule has 2 aromatic heterocycles. The molecule has 2 heterocycles. The van der Waals surface area contributed by atoms with E-state index in [4.69, 9.17) is 11.6 Å². The van der Waals surface area contributed by atoms with Crippen LogP contribution < -0.4 is 0 Å². The molecule has 1 N–H and O–H groups in total. The Hall–Kier alpha value is -2.19. The van der Waals surface area contributed by atoms with Gasteiger partial charge in [-0.3, -0.25) is 10.1 Å². The number of H-pyrrole nitrogens is 1. The number of non-ortho nitro benzene ring substituents is 1. The lowest BCUT2D eigenvalue weighted by atomic mass is 10.3. The Labute approximate surface area is 121 Å². The summed E-state index contributed by atoms with van der Waals surface area (Å²) in [5, 5.41) is 12.1. The molecule has 0 saturated carbocycles. The second kappa shape index (κ2) is 5.06. The molecular formula is C11H6ClN5O2S. The lowest BCUT2D eigenvalue weighted by Gasteiger charge is -1.95. The normalized spacial score (nSPS) is 10.8. The molecule has 0 bridgehead atoms. The molecule has 9 heteroatoms. The van der Waals surface area contributed by atoms with Crippen LogP contribution in [0.15, 0.2) is 40.6 Å². The first kappa shape index (κ1) is 12.8. The zero-order valence-corrected chi connectivity index (χ0v) is 11.4. The molecule has 1 aromatic carbocycles. The topological polar surface area (TPSA) is 97.6 Å². The van der Waals surface area contributed by atoms with E-state index in [2.05, 4.69) is 19.9 Å². The number of nitro groups is 1. The fraction of sp³-hybridized carbons (Fsp3) is 0. The van der Waals surface area contributed by atoms with Gasteiger partial charge in [-0.25, -0.2) is 15.0 Å². The Kier molecular flexibility index (Phi) is 3.25. The van der Waals surface area contributed by atoms with Crippen LogP contribution in [0.2, 0.25) is 5.28 Å². The summed E-state index contributed by atoms with van der Waals surface area (Å²) < 4.78 is 0. The molecule has 0 aliphatic heterocycles. The van der Waals surface area contributed by atoms with E-state index in [1.54, 1.807) is 18.3 Å². The highest BCUT2D eigenvalue weighted by Crippen LogP contribution is 2.27. The summed E-state index contributed by atoms with van der Waals surface area (Å²) in [6.45, 7) is 0. The lowest BCUT2D eigenvalue weighted by Crippen LogP contribution is -1.86. The number of imidazole rings is 1. The highest BCUT2D eigenvalue weighted by Gasteiger charge is 2.10. The number of hydrogen-bond acceptors (Lipinski definition) is 6. The largest absolute Gasteiger partial charge is 0.332 e. The number of benzene rings is 1. The standard InChI is InChI=1S/C11H6ClN5O2S/c12-10-13-4-3-9(16-10)20-11-14-7-2-1-6(17(18)19)5-8(7)15-11/h1-5H,(H,14,15). The van der Waals surface area contributed by atoms with Crippen molar-refractivity contribution in [2.45, 2.75) is 10.2 Å². The number of aromatic amines is 1. The number of rotatable bonds is 3. The molecule has 20 heavy (non-hydrogen) atoms. The van der Waals surface area contributed by atoms with E-state index in [1.807, 2.05) is 0 Å². The lowest BCUT2D eigenvalue weighted by molar-refractivity contribution is -0.384. The minimum atomic E-state index is -0.447. The molecule has 0 amide bonds. The minimum absolute atomic E-state index is 0.0165. The Morgan fingerprint density at radius 3 is 2.90 bits per heavy atom. The Morgan fingerprint density at radius 2 is 2.15 bits per heavy atom. The summed E-state index contributed by atoms with van der Waals surface area (Å²) in [6, 6.07) is 6.16. The maximum Gasteiger partial charge on any atom is 0.271 e. The number of fused-ring (bicyclic) bond motifs is 1. The van der Waals surface area contributed by atoms with Gasteiger partial charge >= 0.3 is 0 Å². The number of nitrogens with one attached hydrogen (secondary N) is 1. The zero-order chi connectivity index (χ0) is 14.1. The van der Waals surface area contributed by atoms with Crippen LogP contribution in [-0.2, 0) is 0 Å². The smallest absolute Gasteiger partial charge is 0.271 e. The fourth-order valence-electron chi connectivity index (χ4n) is 1.61. The van der Waals surface area contributed by atoms with Crippen LogP contribution in [0.4, 0.5) is 5.69 Å². The van der Waals surface area contributed by atoms with Gasteiger partial charge in [0.25, 0.3) is 5.69 Å². The number of halogens is 1. The predicted octanol–water partition coefficient (Wildman–Crippen LogP) is 3.07. The van der Waals surface area contributed by atoms with Crippen molar-refractivity contribution in [3.63, 3.8) is 0 Å². The van der Waals surface area contributed by atoms with Gasteiger partial charge in [-0.15, -0.1) is 0 Å². The highest BCUT2D eigenvalue weighted by molar-refractivity contribution is 7.99. The monoisotopic (exact) mass is 307 g/mol. The third-order valence-electron chi connectivity index (χ3n) is 2.46. The maximum atomic E-state index is 10.7. The summed E-state index contributed by atoms with van der Waals surface area (Å²) in [6.07, 6.45) is 1.55. The van der Waals surface area contributed by atoms with Gasteiger partial charge in [-0.2, -0.15) is 0 Å². The number of nitro benzene ring substituents is 1. The Balaban J connectivity index is 1.95. The van der Waals surface area contributed by atoms with Crippen molar-refractivity contribution in [1.82, 2.24) is 19.9 Å². The molecule has 0 saturated heterocycles. The van der Waals surface area contributed by atoms with Gasteiger partial charge in [-0.05, 0) is 35.5 Å². The van der Waals surface area contributed by atoms with Crippen LogP contribution in [0.5, 0.6) is 0 Å². The van der Waals surface area contributed by atoms with Gasteiger partial charge in [0.05, 0.1) is 16.0 Å². The van der Waals surface area contributed by atoms with Gasteiger partial charge in [0.1, 0.15) is 5.03 Å². The van der Waals surface area contributed by atoms with Crippen LogP contribution in [0, 0.1) is 10.1 Å². The van der Waals surface area contributed by atoms with Gasteiger partial charge in [-0.1, -0.05) is 0 Å². The average Bonchev–Trinajstić information content (AvgIpc) is 2.79. The van der Waals surface area contributed by atoms with Gasteiger partial charge in [0, 0.05) is 18.3 Å². The molecule has 7 nitrogen and oxygen atoms in total. The number of hydrogen-bond donors (Lipinski definition) is 1. The van der Waals surface area contributed by atoms with E-state index in [9.17, 15) is 10.1 Å². The fourth-order valence-corrected chi connectivity index (χ4v) is 2.57. The second-order valence-electron chi connectivity index (χ2n) is 3.77. The van der Waals surface area contributed by atoms with Crippen molar-refractivity contribution in [2.75, 3.05) is 0 Å². The van der Waals surface area contributed by atoms with Crippen molar-refractivity contribution < 1.29 is 4.92 Å². The SMILES string of the molecule is O=[N+]([O-])c1ccc2nc(Sc3ccnc(Cl)n3)[nH]c2c1. The predicted molar refractivity (Wildman–Crippen MR) is 73.9 cm³/mol. The molecule has 0 aliphatic rings. The molecule has 0 radical (unpaired) electrons. The third kappa shape index (κ3) is 2.56. The van der Waals surface area contributed by atoms with Crippen molar-refractivity contribution in [1.29, 1.82) is 0 Å². The average molecular weight is 308 g/mol. The Morgan fingerprint density at radius 1 is 1.30 bits per heavy atom. The van der Waals surface area contributed by atoms with E-state index >= 15 is 0 Å². The molecule has 0 atom stereocenters. The van der Waals surface area contributed by atoms with Crippen molar-refractivity contribution in [3.05, 3.63) is 45.9 Å².